The van der Waals surface area contributed by atoms with Crippen molar-refractivity contribution >= 4 is 17.6 Å². The van der Waals surface area contributed by atoms with Crippen LogP contribution in [0.15, 0.2) is 30.3 Å². The van der Waals surface area contributed by atoms with Crippen LogP contribution in [-0.4, -0.2) is 48.0 Å². The first kappa shape index (κ1) is 17.5. The number of para-hydroxylation sites is 1. The van der Waals surface area contributed by atoms with E-state index in [-0.39, 0.29) is 18.5 Å². The SMILES string of the molecule is CC(C)CN(CC(C)C)CN1C(=O)CN(c2ccccc2)C1=O. The van der Waals surface area contributed by atoms with Gasteiger partial charge in [-0.25, -0.2) is 9.69 Å². The molecule has 0 aliphatic carbocycles. The molecular weight excluding hydrogens is 290 g/mol. The minimum absolute atomic E-state index is 0.125. The van der Waals surface area contributed by atoms with E-state index in [1.807, 2.05) is 30.3 Å². The fraction of sp³-hybridized carbons (Fsp3) is 0.556. The molecular formula is C18H27N3O2. The van der Waals surface area contributed by atoms with Crippen LogP contribution in [-0.2, 0) is 4.79 Å². The van der Waals surface area contributed by atoms with Crippen molar-refractivity contribution in [3.63, 3.8) is 0 Å². The monoisotopic (exact) mass is 317 g/mol. The number of urea groups is 1. The summed E-state index contributed by atoms with van der Waals surface area (Å²) in [4.78, 5) is 30.1. The molecule has 23 heavy (non-hydrogen) atoms. The number of amides is 3. The van der Waals surface area contributed by atoms with Crippen molar-refractivity contribution in [3.8, 4) is 0 Å². The van der Waals surface area contributed by atoms with Gasteiger partial charge in [0.05, 0.1) is 6.67 Å². The third-order valence-corrected chi connectivity index (χ3v) is 3.71. The average molecular weight is 317 g/mol. The van der Waals surface area contributed by atoms with Gasteiger partial charge in [-0.05, 0) is 24.0 Å². The van der Waals surface area contributed by atoms with Gasteiger partial charge in [-0.3, -0.25) is 14.6 Å². The summed E-state index contributed by atoms with van der Waals surface area (Å²) in [6.07, 6.45) is 0. The summed E-state index contributed by atoms with van der Waals surface area (Å²) in [5.41, 5.74) is 0.771. The van der Waals surface area contributed by atoms with Gasteiger partial charge >= 0.3 is 6.03 Å². The molecule has 126 valence electrons. The van der Waals surface area contributed by atoms with Crippen LogP contribution in [0.5, 0.6) is 0 Å². The summed E-state index contributed by atoms with van der Waals surface area (Å²) in [5.74, 6) is 0.856. The molecule has 0 unspecified atom stereocenters. The van der Waals surface area contributed by atoms with E-state index in [4.69, 9.17) is 0 Å². The lowest BCUT2D eigenvalue weighted by molar-refractivity contribution is -0.126. The molecule has 1 aliphatic heterocycles. The van der Waals surface area contributed by atoms with Crippen molar-refractivity contribution in [3.05, 3.63) is 30.3 Å². The summed E-state index contributed by atoms with van der Waals surface area (Å²) < 4.78 is 0. The molecule has 1 fully saturated rings. The zero-order valence-electron chi connectivity index (χ0n) is 14.5. The third kappa shape index (κ3) is 4.55. The molecule has 5 nitrogen and oxygen atoms in total. The zero-order chi connectivity index (χ0) is 17.0. The van der Waals surface area contributed by atoms with Crippen LogP contribution >= 0.6 is 0 Å². The molecule has 0 saturated carbocycles. The molecule has 3 amide bonds. The van der Waals surface area contributed by atoms with Gasteiger partial charge in [0.15, 0.2) is 0 Å². The molecule has 1 aromatic carbocycles. The third-order valence-electron chi connectivity index (χ3n) is 3.71. The van der Waals surface area contributed by atoms with Crippen LogP contribution in [0.2, 0.25) is 0 Å². The van der Waals surface area contributed by atoms with Crippen LogP contribution in [0.3, 0.4) is 0 Å². The van der Waals surface area contributed by atoms with Gasteiger partial charge in [-0.15, -0.1) is 0 Å². The lowest BCUT2D eigenvalue weighted by Gasteiger charge is -2.29. The number of rotatable bonds is 7. The molecule has 0 bridgehead atoms. The first-order valence-electron chi connectivity index (χ1n) is 8.27. The number of nitrogens with zero attached hydrogens (tertiary/aromatic N) is 3. The van der Waals surface area contributed by atoms with Crippen LogP contribution in [0.4, 0.5) is 10.5 Å². The summed E-state index contributed by atoms with van der Waals surface area (Å²) in [7, 11) is 0. The van der Waals surface area contributed by atoms with Crippen molar-refractivity contribution < 1.29 is 9.59 Å². The quantitative estimate of drug-likeness (QED) is 0.726. The molecule has 0 aromatic heterocycles. The molecule has 1 aliphatic rings. The second kappa shape index (κ2) is 7.59. The van der Waals surface area contributed by atoms with Crippen molar-refractivity contribution in [2.24, 2.45) is 11.8 Å². The Morgan fingerprint density at radius 2 is 1.57 bits per heavy atom. The van der Waals surface area contributed by atoms with Crippen molar-refractivity contribution in [2.75, 3.05) is 31.2 Å². The van der Waals surface area contributed by atoms with Crippen LogP contribution in [0, 0.1) is 11.8 Å². The van der Waals surface area contributed by atoms with E-state index < -0.39 is 0 Å². The Labute approximate surface area is 138 Å². The Kier molecular flexibility index (Phi) is 5.77. The highest BCUT2D eigenvalue weighted by Gasteiger charge is 2.37. The summed E-state index contributed by atoms with van der Waals surface area (Å²) in [6, 6.07) is 9.14. The molecule has 2 rings (SSSR count). The van der Waals surface area contributed by atoms with Gasteiger partial charge < -0.3 is 0 Å². The lowest BCUT2D eigenvalue weighted by atomic mass is 10.1. The maximum atomic E-state index is 12.6. The van der Waals surface area contributed by atoms with Crippen LogP contribution in [0.1, 0.15) is 27.7 Å². The molecule has 1 heterocycles. The minimum atomic E-state index is -0.223. The fourth-order valence-corrected chi connectivity index (χ4v) is 2.91. The normalized spacial score (nSPS) is 15.6. The van der Waals surface area contributed by atoms with E-state index in [0.29, 0.717) is 18.5 Å². The van der Waals surface area contributed by atoms with E-state index in [0.717, 1.165) is 18.8 Å². The predicted molar refractivity (Wildman–Crippen MR) is 92.1 cm³/mol. The Morgan fingerprint density at radius 1 is 1.00 bits per heavy atom. The minimum Gasteiger partial charge on any atom is -0.285 e. The lowest BCUT2D eigenvalue weighted by Crippen LogP contribution is -2.44. The number of benzene rings is 1. The fourth-order valence-electron chi connectivity index (χ4n) is 2.91. The standard InChI is InChI=1S/C18H27N3O2/c1-14(2)10-19(11-15(3)4)13-21-17(22)12-20(18(21)23)16-8-6-5-7-9-16/h5-9,14-15H,10-13H2,1-4H3. The van der Waals surface area contributed by atoms with Crippen molar-refractivity contribution in [2.45, 2.75) is 27.7 Å². The molecule has 0 spiro atoms. The molecule has 0 atom stereocenters. The number of hydrogen-bond acceptors (Lipinski definition) is 3. The van der Waals surface area contributed by atoms with Crippen LogP contribution in [0.25, 0.3) is 0 Å². The molecule has 5 heteroatoms. The zero-order valence-corrected chi connectivity index (χ0v) is 14.5. The summed E-state index contributed by atoms with van der Waals surface area (Å²) in [5, 5.41) is 0. The second-order valence-electron chi connectivity index (χ2n) is 6.99. The predicted octanol–water partition coefficient (Wildman–Crippen LogP) is 3.03. The number of carbonyl (C=O) groups is 2. The number of carbonyl (C=O) groups excluding carboxylic acids is 2. The first-order chi connectivity index (χ1) is 10.9. The average Bonchev–Trinajstić information content (AvgIpc) is 2.75. The Bertz CT molecular complexity index is 532. The van der Waals surface area contributed by atoms with E-state index >= 15 is 0 Å². The highest BCUT2D eigenvalue weighted by molar-refractivity contribution is 6.12. The Morgan fingerprint density at radius 3 is 2.09 bits per heavy atom. The van der Waals surface area contributed by atoms with Gasteiger partial charge in [-0.2, -0.15) is 0 Å². The number of anilines is 1. The molecule has 0 N–H and O–H groups in total. The van der Waals surface area contributed by atoms with Crippen LogP contribution < -0.4 is 4.90 Å². The topological polar surface area (TPSA) is 43.9 Å². The summed E-state index contributed by atoms with van der Waals surface area (Å²) in [6.45, 7) is 10.8. The van der Waals surface area contributed by atoms with Gasteiger partial charge in [0.2, 0.25) is 0 Å². The molecule has 1 saturated heterocycles. The van der Waals surface area contributed by atoms with Gasteiger partial charge in [0, 0.05) is 18.8 Å². The van der Waals surface area contributed by atoms with E-state index in [1.54, 1.807) is 4.90 Å². The maximum Gasteiger partial charge on any atom is 0.332 e. The number of imide groups is 1. The Hall–Kier alpha value is -1.88. The van der Waals surface area contributed by atoms with E-state index in [9.17, 15) is 9.59 Å². The molecule has 1 aromatic rings. The van der Waals surface area contributed by atoms with Gasteiger partial charge in [0.25, 0.3) is 5.91 Å². The largest absolute Gasteiger partial charge is 0.332 e. The maximum absolute atomic E-state index is 12.6. The Balaban J connectivity index is 2.09. The first-order valence-corrected chi connectivity index (χ1v) is 8.27. The second-order valence-corrected chi connectivity index (χ2v) is 6.99. The highest BCUT2D eigenvalue weighted by Crippen LogP contribution is 2.21. The van der Waals surface area contributed by atoms with Gasteiger partial charge in [-0.1, -0.05) is 45.9 Å². The van der Waals surface area contributed by atoms with E-state index in [2.05, 4.69) is 32.6 Å². The smallest absolute Gasteiger partial charge is 0.285 e. The van der Waals surface area contributed by atoms with E-state index in [1.165, 1.54) is 4.90 Å². The number of hydrogen-bond donors (Lipinski definition) is 0. The highest BCUT2D eigenvalue weighted by atomic mass is 16.2. The van der Waals surface area contributed by atoms with Crippen molar-refractivity contribution in [1.29, 1.82) is 0 Å². The van der Waals surface area contributed by atoms with Gasteiger partial charge in [0.1, 0.15) is 6.54 Å². The summed E-state index contributed by atoms with van der Waals surface area (Å²) >= 11 is 0. The van der Waals surface area contributed by atoms with Crippen molar-refractivity contribution in [1.82, 2.24) is 9.80 Å². The molecule has 0 radical (unpaired) electrons.